The Bertz CT molecular complexity index is 1190. The van der Waals surface area contributed by atoms with Crippen molar-refractivity contribution in [2.24, 2.45) is 21.6 Å². The topological polar surface area (TPSA) is 99.1 Å². The molecule has 1 aromatic heterocycles. The molecule has 1 saturated carbocycles. The molecular weight excluding hydrogens is 483 g/mol. The molecule has 0 atom stereocenters. The van der Waals surface area contributed by atoms with Crippen LogP contribution in [0.1, 0.15) is 76.6 Å². The molecule has 0 bridgehead atoms. The van der Waals surface area contributed by atoms with Crippen LogP contribution in [0.2, 0.25) is 0 Å². The largest absolute Gasteiger partial charge is 0.399 e. The number of nitrogens with two attached hydrogens (primary N) is 1. The first-order valence-electron chi connectivity index (χ1n) is 12.8. The average Bonchev–Trinajstić information content (AvgIpc) is 3.13. The van der Waals surface area contributed by atoms with Crippen LogP contribution in [-0.2, 0) is 25.9 Å². The number of hydrogen-bond acceptors (Lipinski definition) is 6. The lowest BCUT2D eigenvalue weighted by atomic mass is 9.71. The van der Waals surface area contributed by atoms with E-state index in [-0.39, 0.29) is 18.5 Å². The summed E-state index contributed by atoms with van der Waals surface area (Å²) in [5, 5.41) is 9.64. The van der Waals surface area contributed by atoms with Crippen molar-refractivity contribution in [2.45, 2.75) is 78.0 Å². The number of rotatable bonds is 7. The summed E-state index contributed by atoms with van der Waals surface area (Å²) in [7, 11) is -2.74. The molecule has 2 aliphatic rings. The Kier molecular flexibility index (Phi) is 8.09. The fourth-order valence-corrected chi connectivity index (χ4v) is 6.41. The van der Waals surface area contributed by atoms with Crippen LogP contribution >= 0.6 is 0 Å². The summed E-state index contributed by atoms with van der Waals surface area (Å²) in [6, 6.07) is 5.32. The van der Waals surface area contributed by atoms with Gasteiger partial charge in [0, 0.05) is 41.6 Å². The number of oxime groups is 1. The summed E-state index contributed by atoms with van der Waals surface area (Å²) >= 11 is 0. The maximum absolute atomic E-state index is 14.2. The second kappa shape index (κ2) is 10.8. The van der Waals surface area contributed by atoms with Crippen LogP contribution in [0.25, 0.3) is 10.9 Å². The predicted octanol–water partition coefficient (Wildman–Crippen LogP) is 4.72. The third-order valence-corrected chi connectivity index (χ3v) is 8.51. The van der Waals surface area contributed by atoms with E-state index in [1.54, 1.807) is 6.07 Å². The highest BCUT2D eigenvalue weighted by Crippen LogP contribution is 2.41. The smallest absolute Gasteiger partial charge is 0.333 e. The first-order chi connectivity index (χ1) is 17.0. The molecule has 0 spiro atoms. The van der Waals surface area contributed by atoms with Gasteiger partial charge in [-0.2, -0.15) is 8.42 Å². The van der Waals surface area contributed by atoms with Crippen LogP contribution < -0.4 is 5.14 Å². The zero-order valence-corrected chi connectivity index (χ0v) is 22.6. The lowest BCUT2D eigenvalue weighted by Crippen LogP contribution is -2.44. The number of benzene rings is 1. The molecule has 1 aromatic carbocycles. The van der Waals surface area contributed by atoms with E-state index in [0.717, 1.165) is 37.4 Å². The molecule has 1 saturated heterocycles. The van der Waals surface area contributed by atoms with Gasteiger partial charge in [0.25, 0.3) is 0 Å². The van der Waals surface area contributed by atoms with E-state index in [1.165, 1.54) is 51.1 Å². The average molecular weight is 523 g/mol. The van der Waals surface area contributed by atoms with Gasteiger partial charge in [0.2, 0.25) is 0 Å². The van der Waals surface area contributed by atoms with E-state index in [2.05, 4.69) is 35.4 Å². The van der Waals surface area contributed by atoms with Crippen LogP contribution in [-0.4, -0.2) is 50.3 Å². The predicted molar refractivity (Wildman–Crippen MR) is 139 cm³/mol. The highest BCUT2D eigenvalue weighted by molar-refractivity contribution is 7.84. The second-order valence-electron chi connectivity index (χ2n) is 11.2. The summed E-state index contributed by atoms with van der Waals surface area (Å²) in [6.45, 7) is 8.71. The molecule has 0 amide bonds. The van der Waals surface area contributed by atoms with Crippen LogP contribution in [0, 0.1) is 17.2 Å². The number of aromatic nitrogens is 1. The van der Waals surface area contributed by atoms with Gasteiger partial charge in [-0.3, -0.25) is 4.18 Å². The van der Waals surface area contributed by atoms with Crippen molar-refractivity contribution in [1.82, 2.24) is 9.47 Å². The van der Waals surface area contributed by atoms with E-state index in [4.69, 9.17) is 14.2 Å². The monoisotopic (exact) mass is 522 g/mol. The Morgan fingerprint density at radius 2 is 1.78 bits per heavy atom. The number of fused-ring (bicyclic) bond motifs is 1. The maximum Gasteiger partial charge on any atom is 0.333 e. The molecule has 8 nitrogen and oxygen atoms in total. The van der Waals surface area contributed by atoms with Crippen molar-refractivity contribution >= 4 is 27.4 Å². The highest BCUT2D eigenvalue weighted by atomic mass is 32.2. The van der Waals surface area contributed by atoms with Gasteiger partial charge in [-0.15, -0.1) is 0 Å². The molecule has 2 N–H and O–H groups in total. The van der Waals surface area contributed by atoms with E-state index in [1.807, 2.05) is 0 Å². The number of halogens is 1. The Morgan fingerprint density at radius 1 is 1.11 bits per heavy atom. The van der Waals surface area contributed by atoms with Gasteiger partial charge in [-0.1, -0.05) is 25.9 Å². The zero-order chi connectivity index (χ0) is 26.1. The minimum atomic E-state index is -4.16. The molecule has 2 fully saturated rings. The first kappa shape index (κ1) is 27.0. The van der Waals surface area contributed by atoms with Crippen molar-refractivity contribution in [1.29, 1.82) is 0 Å². The SMILES string of the molecule is CO/N=C/c1c(COS(N)(=O)=O)n(C2CCN(C3CCC(C(C)(C)C)CC3)CC2)c2ccc(F)cc12. The van der Waals surface area contributed by atoms with Gasteiger partial charge in [-0.05, 0) is 68.1 Å². The third kappa shape index (κ3) is 6.10. The molecule has 0 radical (unpaired) electrons. The van der Waals surface area contributed by atoms with E-state index < -0.39 is 10.3 Å². The number of hydrogen-bond donors (Lipinski definition) is 1. The Balaban J connectivity index is 1.58. The number of piperidine rings is 1. The molecule has 4 rings (SSSR count). The molecular formula is C26H39FN4O4S. The highest BCUT2D eigenvalue weighted by Gasteiger charge is 2.34. The fourth-order valence-electron chi connectivity index (χ4n) is 6.13. The molecule has 0 unspecified atom stereocenters. The van der Waals surface area contributed by atoms with Gasteiger partial charge in [0.1, 0.15) is 19.5 Å². The summed E-state index contributed by atoms with van der Waals surface area (Å²) in [6.07, 6.45) is 8.32. The number of nitrogens with zero attached hydrogens (tertiary/aromatic N) is 3. The Hall–Kier alpha value is -2.01. The Morgan fingerprint density at radius 3 is 2.36 bits per heavy atom. The van der Waals surface area contributed by atoms with E-state index >= 15 is 0 Å². The molecule has 1 aliphatic carbocycles. The van der Waals surface area contributed by atoms with Gasteiger partial charge in [0.05, 0.1) is 11.9 Å². The van der Waals surface area contributed by atoms with Gasteiger partial charge in [0.15, 0.2) is 0 Å². The van der Waals surface area contributed by atoms with Crippen molar-refractivity contribution in [3.05, 3.63) is 35.3 Å². The zero-order valence-electron chi connectivity index (χ0n) is 21.7. The van der Waals surface area contributed by atoms with Crippen LogP contribution in [0.3, 0.4) is 0 Å². The maximum atomic E-state index is 14.2. The minimum Gasteiger partial charge on any atom is -0.399 e. The van der Waals surface area contributed by atoms with Gasteiger partial charge in [-0.25, -0.2) is 9.53 Å². The summed E-state index contributed by atoms with van der Waals surface area (Å²) in [5.41, 5.74) is 2.34. The normalized spacial score (nSPS) is 23.1. The van der Waals surface area contributed by atoms with Crippen molar-refractivity contribution in [3.8, 4) is 0 Å². The van der Waals surface area contributed by atoms with Crippen molar-refractivity contribution in [2.75, 3.05) is 20.2 Å². The standard InChI is InChI=1S/C26H39FN4O4S/c1-26(2,3)18-5-8-20(9-6-18)30-13-11-21(12-14-30)31-24-10-7-19(27)15-22(24)23(16-29-34-4)25(31)17-35-36(28,32)33/h7,10,15-16,18,20-21H,5-6,8-9,11-14,17H2,1-4H3,(H2,28,32,33)/b29-16+. The van der Waals surface area contributed by atoms with Crippen LogP contribution in [0.5, 0.6) is 0 Å². The quantitative estimate of drug-likeness (QED) is 0.419. The fraction of sp³-hybridized carbons (Fsp3) is 0.654. The third-order valence-electron chi connectivity index (χ3n) is 8.06. The van der Waals surface area contributed by atoms with Crippen LogP contribution in [0.15, 0.2) is 23.4 Å². The lowest BCUT2D eigenvalue weighted by Gasteiger charge is -2.43. The summed E-state index contributed by atoms with van der Waals surface area (Å²) < 4.78 is 44.5. The van der Waals surface area contributed by atoms with Crippen molar-refractivity contribution in [3.63, 3.8) is 0 Å². The molecule has 10 heteroatoms. The molecule has 2 aromatic rings. The molecule has 2 heterocycles. The van der Waals surface area contributed by atoms with Crippen molar-refractivity contribution < 1.29 is 21.8 Å². The lowest BCUT2D eigenvalue weighted by molar-refractivity contribution is 0.0716. The minimum absolute atomic E-state index is 0.115. The molecule has 200 valence electrons. The second-order valence-corrected chi connectivity index (χ2v) is 12.4. The van der Waals surface area contributed by atoms with Gasteiger partial charge >= 0.3 is 10.3 Å². The summed E-state index contributed by atoms with van der Waals surface area (Å²) in [5.74, 6) is 0.401. The van der Waals surface area contributed by atoms with E-state index in [0.29, 0.717) is 28.1 Å². The van der Waals surface area contributed by atoms with Gasteiger partial charge < -0.3 is 14.3 Å². The molecule has 1 aliphatic heterocycles. The van der Waals surface area contributed by atoms with Crippen LogP contribution in [0.4, 0.5) is 4.39 Å². The van der Waals surface area contributed by atoms with E-state index in [9.17, 15) is 12.8 Å². The summed E-state index contributed by atoms with van der Waals surface area (Å²) in [4.78, 5) is 7.49. The molecule has 36 heavy (non-hydrogen) atoms. The first-order valence-corrected chi connectivity index (χ1v) is 14.2. The number of likely N-dealkylation sites (tertiary alicyclic amines) is 1. The Labute approximate surface area is 213 Å².